The second kappa shape index (κ2) is 10.2. The lowest BCUT2D eigenvalue weighted by Gasteiger charge is -2.07. The number of Topliss-reactive ketones (excluding diaryl/α,β-unsaturated/α-hetero) is 2. The summed E-state index contributed by atoms with van der Waals surface area (Å²) in [7, 11) is 1.61. The molecule has 5 aromatic rings. The minimum Gasteiger partial charge on any atom is -0.497 e. The molecule has 0 unspecified atom stereocenters. The molecule has 37 heavy (non-hydrogen) atoms. The summed E-state index contributed by atoms with van der Waals surface area (Å²) in [5.41, 5.74) is 4.95. The molecule has 0 aliphatic heterocycles. The summed E-state index contributed by atoms with van der Waals surface area (Å²) in [5, 5.41) is 0.693. The first-order chi connectivity index (χ1) is 18.0. The van der Waals surface area contributed by atoms with Gasteiger partial charge in [0.1, 0.15) is 22.9 Å². The predicted octanol–water partition coefficient (Wildman–Crippen LogP) is 7.93. The zero-order valence-corrected chi connectivity index (χ0v) is 20.6. The maximum atomic E-state index is 13.5. The van der Waals surface area contributed by atoms with Crippen molar-refractivity contribution in [3.8, 4) is 28.2 Å². The van der Waals surface area contributed by atoms with Gasteiger partial charge < -0.3 is 9.15 Å². The number of carbonyl (C=O) groups excluding carboxylic acids is 2. The maximum absolute atomic E-state index is 13.5. The topological polar surface area (TPSA) is 56.5 Å². The van der Waals surface area contributed by atoms with Crippen molar-refractivity contribution in [2.75, 3.05) is 7.11 Å². The highest BCUT2D eigenvalue weighted by Crippen LogP contribution is 2.37. The molecule has 0 amide bonds. The number of carbonyl (C=O) groups is 2. The van der Waals surface area contributed by atoms with Gasteiger partial charge in [0.15, 0.2) is 11.6 Å². The van der Waals surface area contributed by atoms with E-state index in [2.05, 4.69) is 0 Å². The average molecular weight is 493 g/mol. The first kappa shape index (κ1) is 24.2. The van der Waals surface area contributed by atoms with Crippen molar-refractivity contribution < 1.29 is 23.1 Å². The highest BCUT2D eigenvalue weighted by Gasteiger charge is 2.21. The normalized spacial score (nSPS) is 11.0. The van der Waals surface area contributed by atoms with Gasteiger partial charge in [-0.15, -0.1) is 0 Å². The molecule has 5 heteroatoms. The molecule has 4 aromatic carbocycles. The van der Waals surface area contributed by atoms with Gasteiger partial charge in [0.2, 0.25) is 0 Å². The molecule has 0 saturated carbocycles. The summed E-state index contributed by atoms with van der Waals surface area (Å²) in [5.74, 6) is 0.779. The van der Waals surface area contributed by atoms with Gasteiger partial charge in [-0.25, -0.2) is 4.39 Å². The molecule has 1 aromatic heterocycles. The molecule has 5 rings (SSSR count). The lowest BCUT2D eigenvalue weighted by Crippen LogP contribution is -2.03. The van der Waals surface area contributed by atoms with Crippen LogP contribution in [0.2, 0.25) is 0 Å². The second-order valence-electron chi connectivity index (χ2n) is 8.83. The van der Waals surface area contributed by atoms with Crippen molar-refractivity contribution in [3.63, 3.8) is 0 Å². The third-order valence-corrected chi connectivity index (χ3v) is 6.44. The SMILES string of the molecule is CCC(=O)c1c(-c2ccc(F)cc2)oc2ccc(-c3cccc(C(=O)Cc4ccc(OC)cc4)c3)cc12. The smallest absolute Gasteiger partial charge is 0.167 e. The van der Waals surface area contributed by atoms with E-state index in [1.807, 2.05) is 66.7 Å². The van der Waals surface area contributed by atoms with Crippen LogP contribution in [-0.2, 0) is 6.42 Å². The molecule has 1 heterocycles. The minimum absolute atomic E-state index is 0.0110. The van der Waals surface area contributed by atoms with E-state index < -0.39 is 0 Å². The Morgan fingerprint density at radius 2 is 1.51 bits per heavy atom. The molecule has 4 nitrogen and oxygen atoms in total. The van der Waals surface area contributed by atoms with Gasteiger partial charge in [-0.1, -0.05) is 43.3 Å². The third kappa shape index (κ3) is 4.94. The van der Waals surface area contributed by atoms with Gasteiger partial charge in [0.05, 0.1) is 12.7 Å². The van der Waals surface area contributed by atoms with Crippen LogP contribution >= 0.6 is 0 Å². The minimum atomic E-state index is -0.355. The van der Waals surface area contributed by atoms with Crippen LogP contribution in [0.15, 0.2) is 95.4 Å². The van der Waals surface area contributed by atoms with Gasteiger partial charge in [-0.3, -0.25) is 9.59 Å². The maximum Gasteiger partial charge on any atom is 0.167 e. The van der Waals surface area contributed by atoms with Gasteiger partial charge in [0, 0.05) is 29.4 Å². The Labute approximate surface area is 214 Å². The average Bonchev–Trinajstić information content (AvgIpc) is 3.32. The molecule has 0 fully saturated rings. The van der Waals surface area contributed by atoms with Gasteiger partial charge in [0.25, 0.3) is 0 Å². The first-order valence-electron chi connectivity index (χ1n) is 12.1. The second-order valence-corrected chi connectivity index (χ2v) is 8.83. The van der Waals surface area contributed by atoms with Crippen molar-refractivity contribution >= 4 is 22.5 Å². The molecule has 0 bridgehead atoms. The number of furan rings is 1. The van der Waals surface area contributed by atoms with Gasteiger partial charge >= 0.3 is 0 Å². The van der Waals surface area contributed by atoms with Crippen LogP contribution in [0.3, 0.4) is 0 Å². The Kier molecular flexibility index (Phi) is 6.69. The molecular weight excluding hydrogens is 467 g/mol. The number of halogens is 1. The Morgan fingerprint density at radius 3 is 2.22 bits per heavy atom. The molecule has 184 valence electrons. The van der Waals surface area contributed by atoms with E-state index in [-0.39, 0.29) is 23.8 Å². The van der Waals surface area contributed by atoms with Crippen molar-refractivity contribution in [2.45, 2.75) is 19.8 Å². The Bertz CT molecular complexity index is 1590. The fourth-order valence-corrected chi connectivity index (χ4v) is 4.44. The van der Waals surface area contributed by atoms with Crippen molar-refractivity contribution in [3.05, 3.63) is 114 Å². The highest BCUT2D eigenvalue weighted by atomic mass is 19.1. The number of methoxy groups -OCH3 is 1. The van der Waals surface area contributed by atoms with E-state index in [0.717, 1.165) is 22.4 Å². The molecule has 0 N–H and O–H groups in total. The number of benzene rings is 4. The number of hydrogen-bond acceptors (Lipinski definition) is 4. The van der Waals surface area contributed by atoms with Crippen molar-refractivity contribution in [1.29, 1.82) is 0 Å². The monoisotopic (exact) mass is 492 g/mol. The standard InChI is InChI=1S/C32H25FO4/c1-3-28(34)31-27-19-23(11-16-30(27)37-32(31)21-9-12-25(33)13-10-21)22-5-4-6-24(18-22)29(35)17-20-7-14-26(36-2)15-8-20/h4-16,18-19H,3,17H2,1-2H3. The summed E-state index contributed by atoms with van der Waals surface area (Å²) in [6.45, 7) is 1.80. The van der Waals surface area contributed by atoms with Gasteiger partial charge in [-0.05, 0) is 71.3 Å². The van der Waals surface area contributed by atoms with E-state index in [4.69, 9.17) is 9.15 Å². The number of fused-ring (bicyclic) bond motifs is 1. The predicted molar refractivity (Wildman–Crippen MR) is 143 cm³/mol. The zero-order valence-electron chi connectivity index (χ0n) is 20.6. The first-order valence-corrected chi connectivity index (χ1v) is 12.1. The fraction of sp³-hybridized carbons (Fsp3) is 0.125. The van der Waals surface area contributed by atoms with E-state index >= 15 is 0 Å². The van der Waals surface area contributed by atoms with Crippen LogP contribution in [0.1, 0.15) is 39.6 Å². The highest BCUT2D eigenvalue weighted by molar-refractivity contribution is 6.12. The molecule has 0 aliphatic carbocycles. The largest absolute Gasteiger partial charge is 0.497 e. The van der Waals surface area contributed by atoms with E-state index in [1.54, 1.807) is 26.2 Å². The molecule has 0 spiro atoms. The number of ketones is 2. The number of hydrogen-bond donors (Lipinski definition) is 0. The summed E-state index contributed by atoms with van der Waals surface area (Å²) in [6.07, 6.45) is 0.590. The van der Waals surface area contributed by atoms with E-state index in [0.29, 0.717) is 39.8 Å². The van der Waals surface area contributed by atoms with Crippen LogP contribution in [0.4, 0.5) is 4.39 Å². The summed E-state index contributed by atoms with van der Waals surface area (Å²) in [4.78, 5) is 26.0. The van der Waals surface area contributed by atoms with Crippen molar-refractivity contribution in [2.24, 2.45) is 0 Å². The van der Waals surface area contributed by atoms with Gasteiger partial charge in [-0.2, -0.15) is 0 Å². The van der Waals surface area contributed by atoms with E-state index in [1.165, 1.54) is 12.1 Å². The van der Waals surface area contributed by atoms with E-state index in [9.17, 15) is 14.0 Å². The van der Waals surface area contributed by atoms with Crippen LogP contribution in [0.5, 0.6) is 5.75 Å². The fourth-order valence-electron chi connectivity index (χ4n) is 4.44. The summed E-state index contributed by atoms with van der Waals surface area (Å²) < 4.78 is 24.8. The number of rotatable bonds is 8. The Balaban J connectivity index is 1.51. The van der Waals surface area contributed by atoms with Crippen LogP contribution in [0, 0.1) is 5.82 Å². The molecule has 0 radical (unpaired) electrons. The Hall–Kier alpha value is -4.51. The summed E-state index contributed by atoms with van der Waals surface area (Å²) in [6, 6.07) is 26.5. The molecule has 0 saturated heterocycles. The third-order valence-electron chi connectivity index (χ3n) is 6.44. The van der Waals surface area contributed by atoms with Crippen LogP contribution in [0.25, 0.3) is 33.4 Å². The molecular formula is C32H25FO4. The quantitative estimate of drug-likeness (QED) is 0.206. The lowest BCUT2D eigenvalue weighted by atomic mass is 9.95. The zero-order chi connectivity index (χ0) is 25.9. The van der Waals surface area contributed by atoms with Crippen molar-refractivity contribution in [1.82, 2.24) is 0 Å². The molecule has 0 aliphatic rings. The summed E-state index contributed by atoms with van der Waals surface area (Å²) >= 11 is 0. The van der Waals surface area contributed by atoms with Crippen LogP contribution < -0.4 is 4.74 Å². The Morgan fingerprint density at radius 1 is 0.811 bits per heavy atom. The number of ether oxygens (including phenoxy) is 1. The lowest BCUT2D eigenvalue weighted by molar-refractivity contribution is 0.0983. The molecule has 0 atom stereocenters. The van der Waals surface area contributed by atoms with Crippen LogP contribution in [-0.4, -0.2) is 18.7 Å².